The molecule has 1 aliphatic heterocycles. The van der Waals surface area contributed by atoms with Crippen LogP contribution >= 0.6 is 0 Å². The topological polar surface area (TPSA) is 88.3 Å². The lowest BCUT2D eigenvalue weighted by Gasteiger charge is -2.35. The van der Waals surface area contributed by atoms with Gasteiger partial charge in [0.25, 0.3) is 11.6 Å². The van der Waals surface area contributed by atoms with Gasteiger partial charge >= 0.3 is 0 Å². The first-order valence-corrected chi connectivity index (χ1v) is 8.95. The van der Waals surface area contributed by atoms with E-state index < -0.39 is 4.92 Å². The van der Waals surface area contributed by atoms with Gasteiger partial charge in [-0.3, -0.25) is 14.9 Å². The first-order chi connectivity index (χ1) is 13.5. The Balaban J connectivity index is 1.72. The minimum absolute atomic E-state index is 0.0124. The summed E-state index contributed by atoms with van der Waals surface area (Å²) < 4.78 is 0. The number of nitro groups is 1. The van der Waals surface area contributed by atoms with Gasteiger partial charge in [-0.25, -0.2) is 0 Å². The Labute approximate surface area is 163 Å². The van der Waals surface area contributed by atoms with E-state index in [-0.39, 0.29) is 11.6 Å². The molecule has 1 heterocycles. The third kappa shape index (κ3) is 4.28. The number of nitro benzene ring substituents is 1. The van der Waals surface area contributed by atoms with Gasteiger partial charge < -0.3 is 14.6 Å². The van der Waals surface area contributed by atoms with Crippen molar-refractivity contribution in [3.8, 4) is 0 Å². The summed E-state index contributed by atoms with van der Waals surface area (Å²) in [5.41, 5.74) is 2.91. The Morgan fingerprint density at radius 1 is 1.14 bits per heavy atom. The normalized spacial score (nSPS) is 14.4. The van der Waals surface area contributed by atoms with Crippen molar-refractivity contribution in [3.05, 3.63) is 69.3 Å². The van der Waals surface area contributed by atoms with Crippen LogP contribution in [0.1, 0.15) is 21.5 Å². The Bertz CT molecular complexity index is 888. The maximum atomic E-state index is 12.6. The maximum absolute atomic E-state index is 12.6. The molecular formula is C20H22N4O4. The molecule has 3 rings (SSSR count). The van der Waals surface area contributed by atoms with E-state index in [0.29, 0.717) is 43.0 Å². The van der Waals surface area contributed by atoms with Gasteiger partial charge in [0.1, 0.15) is 12.8 Å². The van der Waals surface area contributed by atoms with Gasteiger partial charge in [0.05, 0.1) is 11.1 Å². The van der Waals surface area contributed by atoms with Crippen LogP contribution in [0, 0.1) is 17.0 Å². The van der Waals surface area contributed by atoms with Gasteiger partial charge in [-0.15, -0.1) is 0 Å². The molecule has 0 N–H and O–H groups in total. The first-order valence-electron chi connectivity index (χ1n) is 8.95. The average Bonchev–Trinajstić information content (AvgIpc) is 2.72. The molecule has 1 aliphatic rings. The maximum Gasteiger partial charge on any atom is 0.293 e. The number of hydrogen-bond donors (Lipinski definition) is 0. The largest absolute Gasteiger partial charge is 0.399 e. The predicted molar refractivity (Wildman–Crippen MR) is 107 cm³/mol. The lowest BCUT2D eigenvalue weighted by atomic mass is 10.1. The van der Waals surface area contributed by atoms with E-state index in [9.17, 15) is 14.9 Å². The zero-order chi connectivity index (χ0) is 20.1. The third-order valence-corrected chi connectivity index (χ3v) is 4.71. The smallest absolute Gasteiger partial charge is 0.293 e. The van der Waals surface area contributed by atoms with E-state index in [4.69, 9.17) is 0 Å². The molecule has 0 aromatic heterocycles. The van der Waals surface area contributed by atoms with Crippen molar-refractivity contribution in [1.29, 1.82) is 0 Å². The van der Waals surface area contributed by atoms with Crippen molar-refractivity contribution in [3.63, 3.8) is 0 Å². The van der Waals surface area contributed by atoms with Crippen molar-refractivity contribution in [1.82, 2.24) is 4.90 Å². The Kier molecular flexibility index (Phi) is 5.88. The molecule has 146 valence electrons. The summed E-state index contributed by atoms with van der Waals surface area (Å²) >= 11 is 0. The fourth-order valence-corrected chi connectivity index (χ4v) is 3.18. The van der Waals surface area contributed by atoms with Crippen LogP contribution in [0.5, 0.6) is 0 Å². The van der Waals surface area contributed by atoms with Crippen molar-refractivity contribution in [2.45, 2.75) is 6.92 Å². The summed E-state index contributed by atoms with van der Waals surface area (Å²) in [7, 11) is 1.41. The van der Waals surface area contributed by atoms with Crippen LogP contribution in [0.2, 0.25) is 0 Å². The summed E-state index contributed by atoms with van der Waals surface area (Å²) in [6.07, 6.45) is 1.43. The molecule has 1 saturated heterocycles. The summed E-state index contributed by atoms with van der Waals surface area (Å²) in [5.74, 6) is -0.0136. The standard InChI is InChI=1S/C20H22N4O4/c1-15-3-6-17(7-4-15)20(25)23-11-9-22(10-12-23)18-8-5-16(14-21-28-2)13-19(18)24(26)27/h3-8,13-14H,9-12H2,1-2H3/b21-14+. The van der Waals surface area contributed by atoms with Gasteiger partial charge in [0.2, 0.25) is 0 Å². The second-order valence-corrected chi connectivity index (χ2v) is 6.57. The van der Waals surface area contributed by atoms with E-state index in [1.165, 1.54) is 19.4 Å². The molecule has 0 spiro atoms. The number of amides is 1. The van der Waals surface area contributed by atoms with Gasteiger partial charge in [-0.1, -0.05) is 28.9 Å². The molecule has 0 unspecified atom stereocenters. The molecule has 0 saturated carbocycles. The van der Waals surface area contributed by atoms with Crippen molar-refractivity contribution >= 4 is 23.5 Å². The molecule has 1 amide bonds. The van der Waals surface area contributed by atoms with Crippen LogP contribution in [-0.2, 0) is 4.84 Å². The number of oxime groups is 1. The predicted octanol–water partition coefficient (Wildman–Crippen LogP) is 2.85. The summed E-state index contributed by atoms with van der Waals surface area (Å²) in [5, 5.41) is 15.2. The molecule has 2 aromatic carbocycles. The van der Waals surface area contributed by atoms with Crippen LogP contribution < -0.4 is 4.90 Å². The molecule has 0 bridgehead atoms. The van der Waals surface area contributed by atoms with E-state index in [0.717, 1.165) is 5.56 Å². The van der Waals surface area contributed by atoms with Crippen LogP contribution in [-0.4, -0.2) is 55.2 Å². The zero-order valence-electron chi connectivity index (χ0n) is 15.9. The minimum Gasteiger partial charge on any atom is -0.399 e. The number of carbonyl (C=O) groups is 1. The lowest BCUT2D eigenvalue weighted by Crippen LogP contribution is -2.49. The van der Waals surface area contributed by atoms with E-state index in [1.807, 2.05) is 36.1 Å². The molecule has 8 nitrogen and oxygen atoms in total. The molecular weight excluding hydrogens is 360 g/mol. The van der Waals surface area contributed by atoms with Crippen molar-refractivity contribution < 1.29 is 14.6 Å². The third-order valence-electron chi connectivity index (χ3n) is 4.71. The molecule has 28 heavy (non-hydrogen) atoms. The van der Waals surface area contributed by atoms with Crippen LogP contribution in [0.3, 0.4) is 0 Å². The second-order valence-electron chi connectivity index (χ2n) is 6.57. The second kappa shape index (κ2) is 8.51. The van der Waals surface area contributed by atoms with Crippen LogP contribution in [0.25, 0.3) is 0 Å². The van der Waals surface area contributed by atoms with E-state index in [1.54, 1.807) is 17.0 Å². The quantitative estimate of drug-likeness (QED) is 0.451. The Hall–Kier alpha value is -3.42. The first kappa shape index (κ1) is 19.3. The molecule has 8 heteroatoms. The van der Waals surface area contributed by atoms with E-state index in [2.05, 4.69) is 9.99 Å². The number of carbonyl (C=O) groups excluding carboxylic acids is 1. The van der Waals surface area contributed by atoms with E-state index >= 15 is 0 Å². The highest BCUT2D eigenvalue weighted by Crippen LogP contribution is 2.30. The Morgan fingerprint density at radius 2 is 1.82 bits per heavy atom. The van der Waals surface area contributed by atoms with Crippen LogP contribution in [0.4, 0.5) is 11.4 Å². The van der Waals surface area contributed by atoms with Gasteiger partial charge in [-0.05, 0) is 25.1 Å². The van der Waals surface area contributed by atoms with Gasteiger partial charge in [0.15, 0.2) is 0 Å². The zero-order valence-corrected chi connectivity index (χ0v) is 15.9. The number of benzene rings is 2. The Morgan fingerprint density at radius 3 is 2.43 bits per heavy atom. The number of anilines is 1. The molecule has 0 radical (unpaired) electrons. The monoisotopic (exact) mass is 382 g/mol. The number of rotatable bonds is 5. The SMILES string of the molecule is CO/N=C/c1ccc(N2CCN(C(=O)c3ccc(C)cc3)CC2)c([N+](=O)[O-])c1. The van der Waals surface area contributed by atoms with Crippen molar-refractivity contribution in [2.24, 2.45) is 5.16 Å². The lowest BCUT2D eigenvalue weighted by molar-refractivity contribution is -0.384. The number of nitrogens with zero attached hydrogens (tertiary/aromatic N) is 4. The fraction of sp³-hybridized carbons (Fsp3) is 0.300. The summed E-state index contributed by atoms with van der Waals surface area (Å²) in [6, 6.07) is 12.4. The van der Waals surface area contributed by atoms with Crippen LogP contribution in [0.15, 0.2) is 47.6 Å². The molecule has 0 atom stereocenters. The fourth-order valence-electron chi connectivity index (χ4n) is 3.18. The number of aryl methyl sites for hydroxylation is 1. The number of hydrogen-bond acceptors (Lipinski definition) is 6. The summed E-state index contributed by atoms with van der Waals surface area (Å²) in [6.45, 7) is 4.06. The number of piperazine rings is 1. The van der Waals surface area contributed by atoms with Crippen molar-refractivity contribution in [2.75, 3.05) is 38.2 Å². The molecule has 0 aliphatic carbocycles. The average molecular weight is 382 g/mol. The van der Waals surface area contributed by atoms with Gasteiger partial charge in [0, 0.05) is 43.4 Å². The highest BCUT2D eigenvalue weighted by Gasteiger charge is 2.26. The summed E-state index contributed by atoms with van der Waals surface area (Å²) in [4.78, 5) is 32.1. The van der Waals surface area contributed by atoms with Gasteiger partial charge in [-0.2, -0.15) is 0 Å². The molecule has 2 aromatic rings. The highest BCUT2D eigenvalue weighted by molar-refractivity contribution is 5.94. The minimum atomic E-state index is -0.399. The highest BCUT2D eigenvalue weighted by atomic mass is 16.6. The molecule has 1 fully saturated rings.